The summed E-state index contributed by atoms with van der Waals surface area (Å²) >= 11 is 0. The number of nitrogens with two attached hydrogens (primary N) is 1. The van der Waals surface area contributed by atoms with Crippen molar-refractivity contribution in [2.75, 3.05) is 6.54 Å². The Hall–Kier alpha value is -0.960. The van der Waals surface area contributed by atoms with Gasteiger partial charge >= 0.3 is 0 Å². The van der Waals surface area contributed by atoms with Crippen molar-refractivity contribution >= 4 is 0 Å². The van der Waals surface area contributed by atoms with Crippen LogP contribution in [0.25, 0.3) is 0 Å². The van der Waals surface area contributed by atoms with Crippen molar-refractivity contribution in [3.8, 4) is 0 Å². The average Bonchev–Trinajstić information content (AvgIpc) is 2.09. The zero-order valence-electron chi connectivity index (χ0n) is 7.77. The summed E-state index contributed by atoms with van der Waals surface area (Å²) in [7, 11) is 0. The van der Waals surface area contributed by atoms with E-state index in [1.807, 2.05) is 13.8 Å². The Labute approximate surface area is 76.6 Å². The molecule has 0 aliphatic heterocycles. The molecule has 1 nitrogen and oxygen atoms in total. The van der Waals surface area contributed by atoms with Crippen LogP contribution in [0.4, 0.5) is 8.78 Å². The second-order valence-electron chi connectivity index (χ2n) is 3.21. The van der Waals surface area contributed by atoms with Crippen LogP contribution in [0.2, 0.25) is 0 Å². The minimum absolute atomic E-state index is 0.00176. The fourth-order valence-corrected chi connectivity index (χ4v) is 1.09. The van der Waals surface area contributed by atoms with Gasteiger partial charge in [0.2, 0.25) is 0 Å². The lowest BCUT2D eigenvalue weighted by molar-refractivity contribution is 0.00589. The van der Waals surface area contributed by atoms with Crippen LogP contribution in [0.5, 0.6) is 0 Å². The van der Waals surface area contributed by atoms with Gasteiger partial charge in [0.15, 0.2) is 0 Å². The Bertz CT molecular complexity index is 308. The number of alkyl halides is 2. The number of aryl methyl sites for hydroxylation is 2. The fourth-order valence-electron chi connectivity index (χ4n) is 1.09. The summed E-state index contributed by atoms with van der Waals surface area (Å²) in [6.07, 6.45) is 0. The molecule has 1 aromatic carbocycles. The van der Waals surface area contributed by atoms with E-state index in [0.29, 0.717) is 0 Å². The zero-order chi connectivity index (χ0) is 10.1. The van der Waals surface area contributed by atoms with Crippen molar-refractivity contribution in [1.82, 2.24) is 0 Å². The van der Waals surface area contributed by atoms with Crippen molar-refractivity contribution in [3.63, 3.8) is 0 Å². The van der Waals surface area contributed by atoms with E-state index in [9.17, 15) is 8.78 Å². The Morgan fingerprint density at radius 1 is 1.23 bits per heavy atom. The molecule has 0 fully saturated rings. The third-order valence-corrected chi connectivity index (χ3v) is 2.19. The summed E-state index contributed by atoms with van der Waals surface area (Å²) < 4.78 is 26.1. The highest BCUT2D eigenvalue weighted by Gasteiger charge is 2.29. The maximum absolute atomic E-state index is 13.1. The Morgan fingerprint density at radius 2 is 1.85 bits per heavy atom. The summed E-state index contributed by atoms with van der Waals surface area (Å²) in [5.41, 5.74) is 6.85. The van der Waals surface area contributed by atoms with Gasteiger partial charge in [-0.05, 0) is 31.0 Å². The van der Waals surface area contributed by atoms with Crippen LogP contribution in [-0.4, -0.2) is 6.54 Å². The van der Waals surface area contributed by atoms with E-state index < -0.39 is 12.5 Å². The van der Waals surface area contributed by atoms with Crippen LogP contribution in [0.3, 0.4) is 0 Å². The highest BCUT2D eigenvalue weighted by molar-refractivity contribution is 5.32. The second-order valence-corrected chi connectivity index (χ2v) is 3.21. The topological polar surface area (TPSA) is 26.0 Å². The minimum atomic E-state index is -2.90. The van der Waals surface area contributed by atoms with Crippen molar-refractivity contribution in [2.24, 2.45) is 5.73 Å². The molecule has 0 aromatic heterocycles. The SMILES string of the molecule is Cc1ccc(C(F)(F)CN)cc1C. The molecule has 0 bridgehead atoms. The number of benzene rings is 1. The molecule has 72 valence electrons. The fraction of sp³-hybridized carbons (Fsp3) is 0.400. The Balaban J connectivity index is 3.10. The summed E-state index contributed by atoms with van der Waals surface area (Å²) in [6, 6.07) is 4.60. The summed E-state index contributed by atoms with van der Waals surface area (Å²) in [5.74, 6) is -2.90. The van der Waals surface area contributed by atoms with Crippen LogP contribution in [0.1, 0.15) is 16.7 Å². The standard InChI is InChI=1S/C10H13F2N/c1-7-3-4-9(5-8(7)2)10(11,12)6-13/h3-5H,6,13H2,1-2H3. The number of hydrogen-bond donors (Lipinski definition) is 1. The van der Waals surface area contributed by atoms with E-state index in [4.69, 9.17) is 5.73 Å². The molecule has 0 aliphatic carbocycles. The molecule has 2 N–H and O–H groups in total. The van der Waals surface area contributed by atoms with Crippen LogP contribution in [0, 0.1) is 13.8 Å². The quantitative estimate of drug-likeness (QED) is 0.752. The molecule has 0 unspecified atom stereocenters. The van der Waals surface area contributed by atoms with Gasteiger partial charge in [-0.15, -0.1) is 0 Å². The van der Waals surface area contributed by atoms with E-state index in [1.165, 1.54) is 12.1 Å². The summed E-state index contributed by atoms with van der Waals surface area (Å²) in [5, 5.41) is 0. The van der Waals surface area contributed by atoms with Crippen molar-refractivity contribution < 1.29 is 8.78 Å². The molecular formula is C10H13F2N. The first kappa shape index (κ1) is 10.1. The molecule has 1 aromatic rings. The lowest BCUT2D eigenvalue weighted by Gasteiger charge is -2.15. The van der Waals surface area contributed by atoms with Gasteiger partial charge in [-0.1, -0.05) is 12.1 Å². The lowest BCUT2D eigenvalue weighted by atomic mass is 10.0. The first-order valence-corrected chi connectivity index (χ1v) is 4.13. The molecule has 0 heterocycles. The van der Waals surface area contributed by atoms with Crippen molar-refractivity contribution in [1.29, 1.82) is 0 Å². The molecule has 0 aliphatic rings. The third-order valence-electron chi connectivity index (χ3n) is 2.19. The molecule has 0 saturated heterocycles. The Kier molecular flexibility index (Phi) is 2.66. The van der Waals surface area contributed by atoms with Gasteiger partial charge < -0.3 is 5.73 Å². The predicted octanol–water partition coefficient (Wildman–Crippen LogP) is 2.35. The zero-order valence-corrected chi connectivity index (χ0v) is 7.77. The Morgan fingerprint density at radius 3 is 2.31 bits per heavy atom. The van der Waals surface area contributed by atoms with E-state index in [2.05, 4.69) is 0 Å². The maximum atomic E-state index is 13.1. The molecular weight excluding hydrogens is 172 g/mol. The normalized spacial score (nSPS) is 11.8. The molecule has 1 rings (SSSR count). The number of halogens is 2. The smallest absolute Gasteiger partial charge is 0.285 e. The molecule has 0 atom stereocenters. The van der Waals surface area contributed by atoms with E-state index in [-0.39, 0.29) is 5.56 Å². The molecule has 13 heavy (non-hydrogen) atoms. The van der Waals surface area contributed by atoms with E-state index in [1.54, 1.807) is 6.07 Å². The highest BCUT2D eigenvalue weighted by atomic mass is 19.3. The largest absolute Gasteiger partial charge is 0.325 e. The summed E-state index contributed by atoms with van der Waals surface area (Å²) in [4.78, 5) is 0. The van der Waals surface area contributed by atoms with Crippen molar-refractivity contribution in [3.05, 3.63) is 34.9 Å². The van der Waals surface area contributed by atoms with Gasteiger partial charge in [-0.3, -0.25) is 0 Å². The highest BCUT2D eigenvalue weighted by Crippen LogP contribution is 2.27. The predicted molar refractivity (Wildman–Crippen MR) is 48.9 cm³/mol. The second kappa shape index (κ2) is 3.42. The lowest BCUT2D eigenvalue weighted by Crippen LogP contribution is -2.25. The van der Waals surface area contributed by atoms with Crippen LogP contribution >= 0.6 is 0 Å². The maximum Gasteiger partial charge on any atom is 0.285 e. The molecule has 0 amide bonds. The van der Waals surface area contributed by atoms with Crippen molar-refractivity contribution in [2.45, 2.75) is 19.8 Å². The molecule has 0 spiro atoms. The van der Waals surface area contributed by atoms with Gasteiger partial charge in [0.25, 0.3) is 5.92 Å². The monoisotopic (exact) mass is 185 g/mol. The molecule has 0 saturated carbocycles. The van der Waals surface area contributed by atoms with Gasteiger partial charge in [-0.25, -0.2) is 0 Å². The van der Waals surface area contributed by atoms with Gasteiger partial charge in [-0.2, -0.15) is 8.78 Å². The average molecular weight is 185 g/mol. The van der Waals surface area contributed by atoms with E-state index in [0.717, 1.165) is 11.1 Å². The summed E-state index contributed by atoms with van der Waals surface area (Å²) in [6.45, 7) is 3.06. The van der Waals surface area contributed by atoms with Gasteiger partial charge in [0.05, 0.1) is 6.54 Å². The van der Waals surface area contributed by atoms with Crippen LogP contribution in [-0.2, 0) is 5.92 Å². The minimum Gasteiger partial charge on any atom is -0.325 e. The van der Waals surface area contributed by atoms with Gasteiger partial charge in [0.1, 0.15) is 0 Å². The van der Waals surface area contributed by atoms with Crippen LogP contribution in [0.15, 0.2) is 18.2 Å². The van der Waals surface area contributed by atoms with E-state index >= 15 is 0 Å². The third kappa shape index (κ3) is 2.04. The first-order chi connectivity index (χ1) is 5.97. The first-order valence-electron chi connectivity index (χ1n) is 4.13. The molecule has 0 radical (unpaired) electrons. The molecule has 3 heteroatoms. The van der Waals surface area contributed by atoms with Gasteiger partial charge in [0, 0.05) is 5.56 Å². The number of rotatable bonds is 2. The van der Waals surface area contributed by atoms with Crippen LogP contribution < -0.4 is 5.73 Å². The number of hydrogen-bond acceptors (Lipinski definition) is 1.